The topological polar surface area (TPSA) is 20.3 Å². The molecule has 1 saturated heterocycles. The molecular weight excluding hydrogens is 138 g/mol. The van der Waals surface area contributed by atoms with E-state index in [9.17, 15) is 4.79 Å². The van der Waals surface area contributed by atoms with Gasteiger partial charge in [0.15, 0.2) is 0 Å². The Balaban J connectivity index is 2.64. The van der Waals surface area contributed by atoms with Crippen molar-refractivity contribution in [3.63, 3.8) is 0 Å². The van der Waals surface area contributed by atoms with Crippen LogP contribution in [0.15, 0.2) is 0 Å². The van der Waals surface area contributed by atoms with E-state index in [0.29, 0.717) is 5.91 Å². The summed E-state index contributed by atoms with van der Waals surface area (Å²) < 4.78 is 0. The maximum Gasteiger partial charge on any atom is 0.223 e. The monoisotopic (exact) mass is 155 g/mol. The summed E-state index contributed by atoms with van der Waals surface area (Å²) in [5.41, 5.74) is 0.118. The molecule has 1 aliphatic rings. The second-order valence-corrected chi connectivity index (χ2v) is 3.86. The van der Waals surface area contributed by atoms with Crippen molar-refractivity contribution in [2.45, 2.75) is 45.6 Å². The van der Waals surface area contributed by atoms with Gasteiger partial charge in [0.25, 0.3) is 0 Å². The molecule has 1 aliphatic heterocycles. The van der Waals surface area contributed by atoms with Crippen LogP contribution >= 0.6 is 0 Å². The lowest BCUT2D eigenvalue weighted by atomic mass is 10.0. The maximum atomic E-state index is 11.3. The highest BCUT2D eigenvalue weighted by atomic mass is 16.2. The van der Waals surface area contributed by atoms with Crippen LogP contribution in [0.5, 0.6) is 0 Å². The van der Waals surface area contributed by atoms with Gasteiger partial charge in [0.1, 0.15) is 0 Å². The third-order valence-electron chi connectivity index (χ3n) is 2.43. The van der Waals surface area contributed by atoms with Crippen molar-refractivity contribution in [1.82, 2.24) is 4.90 Å². The number of rotatable bonds is 2. The van der Waals surface area contributed by atoms with Gasteiger partial charge in [-0.3, -0.25) is 4.79 Å². The Kier molecular flexibility index (Phi) is 2.21. The lowest BCUT2D eigenvalue weighted by Gasteiger charge is -2.31. The highest BCUT2D eigenvalue weighted by Crippen LogP contribution is 2.28. The number of carbonyl (C=O) groups excluding carboxylic acids is 1. The smallest absolute Gasteiger partial charge is 0.223 e. The molecule has 0 unspecified atom stereocenters. The van der Waals surface area contributed by atoms with Crippen LogP contribution in [0.25, 0.3) is 0 Å². The van der Waals surface area contributed by atoms with E-state index in [2.05, 4.69) is 20.8 Å². The molecule has 2 nitrogen and oxygen atoms in total. The molecular formula is C9H17NO. The zero-order valence-corrected chi connectivity index (χ0v) is 7.68. The maximum absolute atomic E-state index is 11.3. The quantitative estimate of drug-likeness (QED) is 0.595. The predicted molar refractivity (Wildman–Crippen MR) is 45.3 cm³/mol. The van der Waals surface area contributed by atoms with Gasteiger partial charge in [-0.25, -0.2) is 0 Å². The van der Waals surface area contributed by atoms with Crippen molar-refractivity contribution in [2.75, 3.05) is 6.54 Å². The van der Waals surface area contributed by atoms with Crippen molar-refractivity contribution >= 4 is 5.91 Å². The first-order valence-corrected chi connectivity index (χ1v) is 4.38. The lowest BCUT2D eigenvalue weighted by molar-refractivity contribution is -0.130. The van der Waals surface area contributed by atoms with Gasteiger partial charge in [-0.2, -0.15) is 0 Å². The molecule has 0 N–H and O–H groups in total. The molecule has 0 radical (unpaired) electrons. The van der Waals surface area contributed by atoms with Crippen molar-refractivity contribution in [3.05, 3.63) is 0 Å². The molecule has 2 heteroatoms. The highest BCUT2D eigenvalue weighted by Gasteiger charge is 2.36. The molecule has 11 heavy (non-hydrogen) atoms. The van der Waals surface area contributed by atoms with Gasteiger partial charge in [0.2, 0.25) is 5.91 Å². The van der Waals surface area contributed by atoms with Gasteiger partial charge in [0, 0.05) is 18.5 Å². The first-order chi connectivity index (χ1) is 5.08. The molecule has 1 rings (SSSR count). The minimum absolute atomic E-state index is 0.118. The molecule has 1 amide bonds. The van der Waals surface area contributed by atoms with Crippen molar-refractivity contribution in [1.29, 1.82) is 0 Å². The molecule has 0 aromatic heterocycles. The van der Waals surface area contributed by atoms with E-state index >= 15 is 0 Å². The highest BCUT2D eigenvalue weighted by molar-refractivity contribution is 5.79. The van der Waals surface area contributed by atoms with E-state index < -0.39 is 0 Å². The number of likely N-dealkylation sites (tertiary alicyclic amines) is 1. The zero-order chi connectivity index (χ0) is 8.48. The summed E-state index contributed by atoms with van der Waals surface area (Å²) in [7, 11) is 0. The molecule has 1 heterocycles. The predicted octanol–water partition coefficient (Wildman–Crippen LogP) is 1.80. The third-order valence-corrected chi connectivity index (χ3v) is 2.43. The fourth-order valence-electron chi connectivity index (χ4n) is 1.67. The summed E-state index contributed by atoms with van der Waals surface area (Å²) >= 11 is 0. The van der Waals surface area contributed by atoms with Gasteiger partial charge in [-0.1, -0.05) is 6.92 Å². The van der Waals surface area contributed by atoms with Gasteiger partial charge >= 0.3 is 0 Å². The molecule has 1 fully saturated rings. The summed E-state index contributed by atoms with van der Waals surface area (Å²) in [6.45, 7) is 7.33. The zero-order valence-electron chi connectivity index (χ0n) is 7.68. The summed E-state index contributed by atoms with van der Waals surface area (Å²) in [5.74, 6) is 0.330. The van der Waals surface area contributed by atoms with Gasteiger partial charge in [-0.15, -0.1) is 0 Å². The Labute approximate surface area is 68.6 Å². The largest absolute Gasteiger partial charge is 0.338 e. The Hall–Kier alpha value is -0.530. The standard InChI is InChI=1S/C9H17NO/c1-4-7-10-8(11)5-6-9(10,2)3/h4-7H2,1-3H3. The summed E-state index contributed by atoms with van der Waals surface area (Å²) in [4.78, 5) is 13.3. The van der Waals surface area contributed by atoms with Crippen LogP contribution in [0.1, 0.15) is 40.0 Å². The van der Waals surface area contributed by atoms with E-state index in [4.69, 9.17) is 0 Å². The number of hydrogen-bond donors (Lipinski definition) is 0. The lowest BCUT2D eigenvalue weighted by Crippen LogP contribution is -2.41. The van der Waals surface area contributed by atoms with Crippen LogP contribution in [0.4, 0.5) is 0 Å². The minimum Gasteiger partial charge on any atom is -0.338 e. The SMILES string of the molecule is CCCN1C(=O)CCC1(C)C. The Morgan fingerprint density at radius 1 is 1.55 bits per heavy atom. The molecule has 0 aromatic rings. The van der Waals surface area contributed by atoms with Gasteiger partial charge in [-0.05, 0) is 26.7 Å². The normalized spacial score (nSPS) is 22.8. The molecule has 0 aliphatic carbocycles. The first kappa shape index (κ1) is 8.57. The molecule has 0 aromatic carbocycles. The summed E-state index contributed by atoms with van der Waals surface area (Å²) in [6, 6.07) is 0. The number of hydrogen-bond acceptors (Lipinski definition) is 1. The fraction of sp³-hybridized carbons (Fsp3) is 0.889. The summed E-state index contributed by atoms with van der Waals surface area (Å²) in [6.07, 6.45) is 2.83. The molecule has 0 bridgehead atoms. The van der Waals surface area contributed by atoms with Crippen LogP contribution in [-0.4, -0.2) is 22.9 Å². The number of carbonyl (C=O) groups is 1. The van der Waals surface area contributed by atoms with Crippen molar-refractivity contribution < 1.29 is 4.79 Å². The van der Waals surface area contributed by atoms with E-state index in [-0.39, 0.29) is 5.54 Å². The summed E-state index contributed by atoms with van der Waals surface area (Å²) in [5, 5.41) is 0. The number of amides is 1. The Bertz CT molecular complexity index is 163. The van der Waals surface area contributed by atoms with Crippen LogP contribution < -0.4 is 0 Å². The second kappa shape index (κ2) is 2.84. The molecule has 0 spiro atoms. The third kappa shape index (κ3) is 1.55. The minimum atomic E-state index is 0.118. The Morgan fingerprint density at radius 2 is 2.18 bits per heavy atom. The van der Waals surface area contributed by atoms with E-state index in [1.807, 2.05) is 4.90 Å². The van der Waals surface area contributed by atoms with Crippen molar-refractivity contribution in [2.24, 2.45) is 0 Å². The first-order valence-electron chi connectivity index (χ1n) is 4.38. The van der Waals surface area contributed by atoms with E-state index in [1.165, 1.54) is 0 Å². The molecule has 0 atom stereocenters. The second-order valence-electron chi connectivity index (χ2n) is 3.86. The fourth-order valence-corrected chi connectivity index (χ4v) is 1.67. The number of nitrogens with zero attached hydrogens (tertiary/aromatic N) is 1. The van der Waals surface area contributed by atoms with Crippen LogP contribution in [0, 0.1) is 0 Å². The molecule has 0 saturated carbocycles. The van der Waals surface area contributed by atoms with E-state index in [1.54, 1.807) is 0 Å². The van der Waals surface area contributed by atoms with Crippen molar-refractivity contribution in [3.8, 4) is 0 Å². The Morgan fingerprint density at radius 3 is 2.55 bits per heavy atom. The van der Waals surface area contributed by atoms with Crippen LogP contribution in [0.3, 0.4) is 0 Å². The van der Waals surface area contributed by atoms with Gasteiger partial charge in [0.05, 0.1) is 0 Å². The van der Waals surface area contributed by atoms with Gasteiger partial charge < -0.3 is 4.90 Å². The van der Waals surface area contributed by atoms with E-state index in [0.717, 1.165) is 25.8 Å². The van der Waals surface area contributed by atoms with Crippen LogP contribution in [-0.2, 0) is 4.79 Å². The van der Waals surface area contributed by atoms with Crippen LogP contribution in [0.2, 0.25) is 0 Å². The average molecular weight is 155 g/mol. The molecule has 64 valence electrons. The average Bonchev–Trinajstić information content (AvgIpc) is 2.16.